The minimum Gasteiger partial charge on any atom is -0.495 e. The van der Waals surface area contributed by atoms with Crippen LogP contribution in [0.4, 0.5) is 5.69 Å². The van der Waals surface area contributed by atoms with Gasteiger partial charge >= 0.3 is 0 Å². The molecule has 1 aliphatic rings. The van der Waals surface area contributed by atoms with Crippen LogP contribution >= 0.6 is 0 Å². The van der Waals surface area contributed by atoms with E-state index in [-0.39, 0.29) is 17.4 Å². The van der Waals surface area contributed by atoms with Gasteiger partial charge in [0.25, 0.3) is 0 Å². The predicted octanol–water partition coefficient (Wildman–Crippen LogP) is 0.669. The number of hydrogen-bond acceptors (Lipinski definition) is 5. The minimum absolute atomic E-state index is 0.113. The second-order valence-corrected chi connectivity index (χ2v) is 7.04. The number of aliphatic hydroxyl groups is 1. The molecule has 2 atom stereocenters. The fourth-order valence-electron chi connectivity index (χ4n) is 2.24. The number of aliphatic hydroxyl groups excluding tert-OH is 1. The Hall–Kier alpha value is -1.31. The molecule has 1 aromatic rings. The van der Waals surface area contributed by atoms with Crippen LogP contribution in [0.15, 0.2) is 23.1 Å². The number of anilines is 1. The molecule has 0 amide bonds. The van der Waals surface area contributed by atoms with Crippen molar-refractivity contribution in [2.45, 2.75) is 24.3 Å². The van der Waals surface area contributed by atoms with Crippen LogP contribution in [-0.2, 0) is 10.0 Å². The van der Waals surface area contributed by atoms with Gasteiger partial charge in [0.15, 0.2) is 0 Å². The van der Waals surface area contributed by atoms with E-state index in [4.69, 9.17) is 10.5 Å². The molecular weight excluding hydrogens is 280 g/mol. The third-order valence-corrected chi connectivity index (χ3v) is 5.59. The number of nitrogens with zero attached hydrogens (tertiary/aromatic N) is 1. The number of ether oxygens (including phenoxy) is 1. The predicted molar refractivity (Wildman–Crippen MR) is 76.0 cm³/mol. The number of methoxy groups -OCH3 is 1. The summed E-state index contributed by atoms with van der Waals surface area (Å²) in [5.41, 5.74) is 6.08. The zero-order valence-corrected chi connectivity index (χ0v) is 12.4. The number of rotatable bonds is 3. The zero-order chi connectivity index (χ0) is 14.9. The topological polar surface area (TPSA) is 92.9 Å². The van der Waals surface area contributed by atoms with Crippen molar-refractivity contribution in [2.24, 2.45) is 5.92 Å². The second kappa shape index (κ2) is 5.59. The Morgan fingerprint density at radius 2 is 2.15 bits per heavy atom. The first kappa shape index (κ1) is 15.1. The molecule has 112 valence electrons. The Bertz CT molecular complexity index is 588. The number of sulfonamides is 1. The van der Waals surface area contributed by atoms with Crippen LogP contribution in [-0.4, -0.2) is 44.1 Å². The van der Waals surface area contributed by atoms with Crippen LogP contribution in [0.1, 0.15) is 13.3 Å². The van der Waals surface area contributed by atoms with Crippen molar-refractivity contribution in [3.63, 3.8) is 0 Å². The van der Waals surface area contributed by atoms with Gasteiger partial charge in [-0.2, -0.15) is 4.31 Å². The molecule has 1 aromatic carbocycles. The van der Waals surface area contributed by atoms with Crippen LogP contribution in [0, 0.1) is 5.92 Å². The average molecular weight is 300 g/mol. The van der Waals surface area contributed by atoms with Gasteiger partial charge in [0.1, 0.15) is 5.75 Å². The van der Waals surface area contributed by atoms with E-state index in [1.165, 1.54) is 29.6 Å². The molecule has 7 heteroatoms. The largest absolute Gasteiger partial charge is 0.495 e. The maximum Gasteiger partial charge on any atom is 0.243 e. The number of hydrogen-bond donors (Lipinski definition) is 2. The van der Waals surface area contributed by atoms with Crippen molar-refractivity contribution in [1.29, 1.82) is 0 Å². The molecule has 2 rings (SSSR count). The minimum atomic E-state index is -3.63. The van der Waals surface area contributed by atoms with Crippen molar-refractivity contribution < 1.29 is 18.3 Å². The highest BCUT2D eigenvalue weighted by Gasteiger charge is 2.33. The summed E-state index contributed by atoms with van der Waals surface area (Å²) in [6.07, 6.45) is 0.0150. The molecule has 1 saturated heterocycles. The van der Waals surface area contributed by atoms with E-state index in [0.29, 0.717) is 24.4 Å². The summed E-state index contributed by atoms with van der Waals surface area (Å²) in [7, 11) is -2.19. The lowest BCUT2D eigenvalue weighted by Gasteiger charge is -2.33. The van der Waals surface area contributed by atoms with Crippen LogP contribution in [0.25, 0.3) is 0 Å². The molecule has 3 N–H and O–H groups in total. The number of piperidine rings is 1. The number of nitrogens with two attached hydrogens (primary N) is 1. The maximum atomic E-state index is 12.5. The van der Waals surface area contributed by atoms with E-state index in [9.17, 15) is 13.5 Å². The number of benzene rings is 1. The van der Waals surface area contributed by atoms with E-state index in [0.717, 1.165) is 0 Å². The molecule has 0 bridgehead atoms. The fraction of sp³-hybridized carbons (Fsp3) is 0.538. The first-order chi connectivity index (χ1) is 9.36. The Morgan fingerprint density at radius 1 is 1.45 bits per heavy atom. The average Bonchev–Trinajstić information content (AvgIpc) is 2.42. The highest BCUT2D eigenvalue weighted by Crippen LogP contribution is 2.28. The standard InChI is InChI=1S/C13H20N2O4S/c1-9-5-6-15(8-12(9)16)20(17,18)10-3-4-11(14)13(7-10)19-2/h3-4,7,9,12,16H,5-6,8,14H2,1-2H3. The number of β-amino-alcohol motifs (C(OH)–C–C–N with tert-alkyl or cyclic N) is 1. The molecule has 0 radical (unpaired) electrons. The number of nitrogen functional groups attached to an aromatic ring is 1. The molecule has 1 aliphatic heterocycles. The molecule has 0 saturated carbocycles. The van der Waals surface area contributed by atoms with E-state index < -0.39 is 16.1 Å². The summed E-state index contributed by atoms with van der Waals surface area (Å²) in [4.78, 5) is 0.130. The van der Waals surface area contributed by atoms with Crippen molar-refractivity contribution in [1.82, 2.24) is 4.31 Å². The van der Waals surface area contributed by atoms with Gasteiger partial charge in [-0.1, -0.05) is 6.92 Å². The molecular formula is C13H20N2O4S. The molecule has 1 heterocycles. The SMILES string of the molecule is COc1cc(S(=O)(=O)N2CCC(C)C(O)C2)ccc1N. The Kier molecular flexibility index (Phi) is 4.22. The Morgan fingerprint density at radius 3 is 2.75 bits per heavy atom. The third kappa shape index (κ3) is 2.74. The van der Waals surface area contributed by atoms with E-state index in [1.807, 2.05) is 6.92 Å². The van der Waals surface area contributed by atoms with E-state index >= 15 is 0 Å². The summed E-state index contributed by atoms with van der Waals surface area (Å²) in [6, 6.07) is 4.38. The monoisotopic (exact) mass is 300 g/mol. The smallest absolute Gasteiger partial charge is 0.243 e. The van der Waals surface area contributed by atoms with Gasteiger partial charge in [-0.25, -0.2) is 8.42 Å². The van der Waals surface area contributed by atoms with Crippen molar-refractivity contribution >= 4 is 15.7 Å². The molecule has 1 fully saturated rings. The molecule has 0 aliphatic carbocycles. The van der Waals surface area contributed by atoms with E-state index in [1.54, 1.807) is 0 Å². The lowest BCUT2D eigenvalue weighted by atomic mass is 9.98. The summed E-state index contributed by atoms with van der Waals surface area (Å²) in [5.74, 6) is 0.444. The molecule has 2 unspecified atom stereocenters. The highest BCUT2D eigenvalue weighted by molar-refractivity contribution is 7.89. The maximum absolute atomic E-state index is 12.5. The second-order valence-electron chi connectivity index (χ2n) is 5.10. The lowest BCUT2D eigenvalue weighted by Crippen LogP contribution is -2.45. The summed E-state index contributed by atoms with van der Waals surface area (Å²) in [6.45, 7) is 2.45. The van der Waals surface area contributed by atoms with Crippen molar-refractivity contribution in [3.8, 4) is 5.75 Å². The first-order valence-corrected chi connectivity index (χ1v) is 7.92. The van der Waals surface area contributed by atoms with E-state index in [2.05, 4.69) is 0 Å². The van der Waals surface area contributed by atoms with Crippen molar-refractivity contribution in [2.75, 3.05) is 25.9 Å². The first-order valence-electron chi connectivity index (χ1n) is 6.48. The normalized spacial score (nSPS) is 24.6. The summed E-state index contributed by atoms with van der Waals surface area (Å²) < 4.78 is 31.4. The Balaban J connectivity index is 2.31. The fourth-order valence-corrected chi connectivity index (χ4v) is 3.73. The van der Waals surface area contributed by atoms with Gasteiger partial charge in [0.05, 0.1) is 23.8 Å². The van der Waals surface area contributed by atoms with Gasteiger partial charge in [-0.3, -0.25) is 0 Å². The molecule has 6 nitrogen and oxygen atoms in total. The summed E-state index contributed by atoms with van der Waals surface area (Å²) in [5, 5.41) is 9.85. The van der Waals surface area contributed by atoms with Gasteiger partial charge in [-0.15, -0.1) is 0 Å². The zero-order valence-electron chi connectivity index (χ0n) is 11.6. The van der Waals surface area contributed by atoms with Gasteiger partial charge in [0.2, 0.25) is 10.0 Å². The van der Waals surface area contributed by atoms with Crippen LogP contribution in [0.2, 0.25) is 0 Å². The van der Waals surface area contributed by atoms with Crippen LogP contribution < -0.4 is 10.5 Å². The summed E-state index contributed by atoms with van der Waals surface area (Å²) >= 11 is 0. The van der Waals surface area contributed by atoms with Gasteiger partial charge in [0, 0.05) is 19.2 Å². The molecule has 0 aromatic heterocycles. The lowest BCUT2D eigenvalue weighted by molar-refractivity contribution is 0.0605. The quantitative estimate of drug-likeness (QED) is 0.800. The Labute approximate surface area is 119 Å². The van der Waals surface area contributed by atoms with Crippen LogP contribution in [0.3, 0.4) is 0 Å². The van der Waals surface area contributed by atoms with Gasteiger partial charge < -0.3 is 15.6 Å². The van der Waals surface area contributed by atoms with Crippen molar-refractivity contribution in [3.05, 3.63) is 18.2 Å². The highest BCUT2D eigenvalue weighted by atomic mass is 32.2. The van der Waals surface area contributed by atoms with Crippen LogP contribution in [0.5, 0.6) is 5.75 Å². The molecule has 0 spiro atoms. The third-order valence-electron chi connectivity index (χ3n) is 3.72. The molecule has 20 heavy (non-hydrogen) atoms. The van der Waals surface area contributed by atoms with Gasteiger partial charge in [-0.05, 0) is 24.5 Å².